The van der Waals surface area contributed by atoms with E-state index in [4.69, 9.17) is 9.47 Å². The summed E-state index contributed by atoms with van der Waals surface area (Å²) in [6.07, 6.45) is 5.95. The van der Waals surface area contributed by atoms with Crippen molar-refractivity contribution in [2.24, 2.45) is 0 Å². The fourth-order valence-corrected chi connectivity index (χ4v) is 38.0. The molecule has 0 aliphatic heterocycles. The summed E-state index contributed by atoms with van der Waals surface area (Å²) in [5.41, 5.74) is 9.22. The van der Waals surface area contributed by atoms with Crippen LogP contribution in [0.3, 0.4) is 0 Å². The average Bonchev–Trinajstić information content (AvgIpc) is 3.66. The van der Waals surface area contributed by atoms with E-state index >= 15 is 0 Å². The van der Waals surface area contributed by atoms with Gasteiger partial charge < -0.3 is 0 Å². The first kappa shape index (κ1) is 62.4. The molecule has 2 radical (unpaired) electrons. The maximum atomic E-state index is 12.4. The van der Waals surface area contributed by atoms with Crippen LogP contribution in [0.2, 0.25) is 8.87 Å². The topological polar surface area (TPSA) is 93.1 Å². The normalized spacial score (nSPS) is 12.0. The fraction of sp³-hybridized carbons (Fsp3) is 0.286. The predicted octanol–water partition coefficient (Wildman–Crippen LogP) is 12.9. The van der Waals surface area contributed by atoms with Crippen LogP contribution >= 0.6 is 0 Å². The number of hydrogen-bond acceptors (Lipinski definition) is 4. The van der Waals surface area contributed by atoms with Crippen molar-refractivity contribution in [1.29, 1.82) is 0 Å². The van der Waals surface area contributed by atoms with Crippen LogP contribution < -0.4 is 35.8 Å². The third-order valence-corrected chi connectivity index (χ3v) is 41.6. The molecule has 0 amide bonds. The molecular weight excluding hydrogens is 1200 g/mol. The number of unbranched alkanes of at least 4 members (excludes halogenated alkanes) is 2. The minimum atomic E-state index is -3.63. The van der Waals surface area contributed by atoms with Crippen LogP contribution in [-0.2, 0) is 9.59 Å². The number of carboxylic acid groups (broad SMARTS) is 2. The quantitative estimate of drug-likeness (QED) is 0.0519. The van der Waals surface area contributed by atoms with E-state index in [1.807, 2.05) is 48.5 Å². The molecule has 0 saturated carbocycles. The zero-order valence-corrected chi connectivity index (χ0v) is 55.4. The molecule has 0 aliphatic carbocycles. The Morgan fingerprint density at radius 3 is 0.772 bits per heavy atom. The van der Waals surface area contributed by atoms with Crippen molar-refractivity contribution >= 4 is 86.0 Å². The summed E-state index contributed by atoms with van der Waals surface area (Å²) in [5.74, 6) is -0.0387. The number of rotatable bonds is 22. The van der Waals surface area contributed by atoms with Gasteiger partial charge in [-0.05, 0) is 0 Å². The van der Waals surface area contributed by atoms with Crippen LogP contribution in [0.4, 0.5) is 0 Å². The van der Waals surface area contributed by atoms with Crippen LogP contribution in [0.25, 0.3) is 0 Å². The number of benzene rings is 8. The van der Waals surface area contributed by atoms with Crippen LogP contribution in [0.15, 0.2) is 194 Å². The Labute approximate surface area is 488 Å². The molecule has 9 heteroatoms. The van der Waals surface area contributed by atoms with Gasteiger partial charge in [-0.15, -0.1) is 0 Å². The van der Waals surface area contributed by atoms with E-state index in [9.17, 15) is 19.8 Å². The van der Waals surface area contributed by atoms with Crippen LogP contribution in [0.1, 0.15) is 106 Å². The first-order valence-corrected chi connectivity index (χ1v) is 40.7. The molecule has 2 N–H and O–H groups in total. The van der Waals surface area contributed by atoms with Gasteiger partial charge in [0.15, 0.2) is 0 Å². The van der Waals surface area contributed by atoms with E-state index in [-0.39, 0.29) is 43.5 Å². The first-order chi connectivity index (χ1) is 38.1. The van der Waals surface area contributed by atoms with E-state index in [1.54, 1.807) is 23.1 Å². The number of aliphatic carboxylic acids is 2. The minimum absolute atomic E-state index is 0.0575. The Bertz CT molecular complexity index is 2670. The summed E-state index contributed by atoms with van der Waals surface area (Å²) in [7, 11) is 3.30. The number of ether oxygens (including phenoxy) is 2. The third kappa shape index (κ3) is 16.2. The SMILES string of the molecule is CCC[CH2][Sn][CH2]CCC.COc1ccc([CH](CC(=O)O)[Ge]([c]2ccc(C)cc2)([c]2ccc(C)cc2)[c]2ccc(C)cc2)cc1.COc1ccc([CH](CC(=O)O)[Ge]([c]2ccc(C)cc2)([c]2ccc(C)cc2)[c]2ccc(C)cc2)cc1. The van der Waals surface area contributed by atoms with Gasteiger partial charge in [-0.1, -0.05) is 0 Å². The van der Waals surface area contributed by atoms with Crippen molar-refractivity contribution in [3.05, 3.63) is 239 Å². The number of aryl methyl sites for hydroxylation is 6. The van der Waals surface area contributed by atoms with Crippen molar-refractivity contribution < 1.29 is 29.3 Å². The molecule has 0 bridgehead atoms. The molecule has 6 nitrogen and oxygen atoms in total. The summed E-state index contributed by atoms with van der Waals surface area (Å²) in [4.78, 5) is 24.8. The van der Waals surface area contributed by atoms with E-state index < -0.39 is 38.5 Å². The van der Waals surface area contributed by atoms with E-state index in [0.717, 1.165) is 22.6 Å². The average molecular weight is 1280 g/mol. The Morgan fingerprint density at radius 2 is 0.595 bits per heavy atom. The number of carbonyl (C=O) groups is 2. The second-order valence-corrected chi connectivity index (χ2v) is 42.4. The molecule has 8 aromatic carbocycles. The van der Waals surface area contributed by atoms with E-state index in [0.29, 0.717) is 0 Å². The van der Waals surface area contributed by atoms with Gasteiger partial charge >= 0.3 is 492 Å². The monoisotopic (exact) mass is 1290 g/mol. The number of carboxylic acids is 2. The van der Waals surface area contributed by atoms with Gasteiger partial charge in [0.2, 0.25) is 0 Å². The van der Waals surface area contributed by atoms with Crippen molar-refractivity contribution in [2.45, 2.75) is 112 Å². The van der Waals surface area contributed by atoms with Crippen LogP contribution in [0.5, 0.6) is 11.5 Å². The second kappa shape index (κ2) is 30.7. The molecule has 8 aromatic rings. The predicted molar refractivity (Wildman–Crippen MR) is 338 cm³/mol. The Hall–Kier alpha value is -5.82. The zero-order chi connectivity index (χ0) is 57.0. The van der Waals surface area contributed by atoms with Crippen molar-refractivity contribution in [3.63, 3.8) is 0 Å². The molecule has 0 heterocycles. The van der Waals surface area contributed by atoms with Crippen LogP contribution in [-0.4, -0.2) is 84.0 Å². The summed E-state index contributed by atoms with van der Waals surface area (Å²) >= 11 is -7.11. The standard InChI is InChI=1S/2C31H32GeO3.2C4H9.Sn/c2*1-22-5-13-26(14-6-22)32(27-15-7-23(2)8-16-27,28-17-9-24(3)10-18-28)30(21-31(33)34)25-11-19-29(35-4)20-12-25;2*1-3-4-2;/h2*5-20,30H,21H2,1-4H3,(H,33,34);2*1,3-4H2,2H3;. The van der Waals surface area contributed by atoms with Gasteiger partial charge in [0.1, 0.15) is 0 Å². The number of methoxy groups -OCH3 is 2. The van der Waals surface area contributed by atoms with Gasteiger partial charge in [-0.2, -0.15) is 0 Å². The Morgan fingerprint density at radius 1 is 0.380 bits per heavy atom. The number of hydrogen-bond donors (Lipinski definition) is 2. The maximum absolute atomic E-state index is 12.4. The summed E-state index contributed by atoms with van der Waals surface area (Å²) in [6, 6.07) is 68.6. The van der Waals surface area contributed by atoms with Gasteiger partial charge in [-0.3, -0.25) is 0 Å². The molecule has 0 fully saturated rings. The summed E-state index contributed by atoms with van der Waals surface area (Å²) < 4.78 is 21.2. The Kier molecular flexibility index (Phi) is 24.2. The third-order valence-electron chi connectivity index (χ3n) is 15.3. The molecule has 0 spiro atoms. The molecule has 0 aliphatic rings. The van der Waals surface area contributed by atoms with Gasteiger partial charge in [-0.25, -0.2) is 0 Å². The van der Waals surface area contributed by atoms with E-state index in [2.05, 4.69) is 201 Å². The molecule has 2 unspecified atom stereocenters. The van der Waals surface area contributed by atoms with Crippen molar-refractivity contribution in [1.82, 2.24) is 0 Å². The summed E-state index contributed by atoms with van der Waals surface area (Å²) in [6.45, 7) is 17.1. The van der Waals surface area contributed by atoms with Crippen molar-refractivity contribution in [2.75, 3.05) is 14.2 Å². The van der Waals surface area contributed by atoms with Gasteiger partial charge in [0, 0.05) is 0 Å². The molecule has 8 rings (SSSR count). The molecule has 2 atom stereocenters. The second-order valence-electron chi connectivity index (χ2n) is 21.1. The van der Waals surface area contributed by atoms with Crippen molar-refractivity contribution in [3.8, 4) is 11.5 Å². The van der Waals surface area contributed by atoms with E-state index in [1.165, 1.54) is 85.4 Å². The molecule has 0 saturated heterocycles. The first-order valence-electron chi connectivity index (χ1n) is 28.0. The Balaban J connectivity index is 0.000000221. The van der Waals surface area contributed by atoms with Gasteiger partial charge in [0.25, 0.3) is 0 Å². The summed E-state index contributed by atoms with van der Waals surface area (Å²) in [5, 5.41) is 20.4. The van der Waals surface area contributed by atoms with Gasteiger partial charge in [0.05, 0.1) is 0 Å². The zero-order valence-electron chi connectivity index (χ0n) is 48.3. The molecule has 79 heavy (non-hydrogen) atoms. The fourth-order valence-electron chi connectivity index (χ4n) is 10.9. The molecule has 410 valence electrons. The molecule has 0 aromatic heterocycles. The molecular formula is C70H82Ge2O6Sn. The van der Waals surface area contributed by atoms with Crippen LogP contribution in [0, 0.1) is 41.5 Å².